The Morgan fingerprint density at radius 1 is 1.16 bits per heavy atom. The lowest BCUT2D eigenvalue weighted by Gasteiger charge is -2.41. The Hall–Kier alpha value is -4.30. The average molecular weight is 893 g/mol. The van der Waals surface area contributed by atoms with Gasteiger partial charge in [-0.1, -0.05) is 33.8 Å². The van der Waals surface area contributed by atoms with Crippen molar-refractivity contribution in [1.82, 2.24) is 38.9 Å². The topological polar surface area (TPSA) is 178 Å². The van der Waals surface area contributed by atoms with Crippen LogP contribution in [-0.2, 0) is 58.2 Å². The van der Waals surface area contributed by atoms with Crippen molar-refractivity contribution in [2.24, 2.45) is 11.3 Å². The van der Waals surface area contributed by atoms with Crippen LogP contribution < -0.4 is 10.7 Å². The zero-order chi connectivity index (χ0) is 44.7. The van der Waals surface area contributed by atoms with Crippen LogP contribution >= 0.6 is 11.3 Å². The first-order valence-corrected chi connectivity index (χ1v) is 23.6. The third-order valence-electron chi connectivity index (χ3n) is 12.3. The second-order valence-electron chi connectivity index (χ2n) is 17.7. The van der Waals surface area contributed by atoms with Gasteiger partial charge in [-0.05, 0) is 68.9 Å². The van der Waals surface area contributed by atoms with Crippen molar-refractivity contribution in [2.45, 2.75) is 104 Å². The van der Waals surface area contributed by atoms with Gasteiger partial charge in [-0.2, -0.15) is 17.0 Å². The van der Waals surface area contributed by atoms with Gasteiger partial charge in [-0.15, -0.1) is 11.3 Å². The van der Waals surface area contributed by atoms with Gasteiger partial charge in [0.2, 0.25) is 5.91 Å². The number of cyclic esters (lactones) is 1. The van der Waals surface area contributed by atoms with E-state index in [1.807, 2.05) is 24.4 Å². The highest BCUT2D eigenvalue weighted by molar-refractivity contribution is 7.86. The minimum Gasteiger partial charge on any atom is -0.464 e. The Morgan fingerprint density at radius 3 is 2.61 bits per heavy atom. The number of carbonyl (C=O) groups excluding carboxylic acids is 3. The summed E-state index contributed by atoms with van der Waals surface area (Å²) in [6.45, 7) is 13.3. The normalized spacial score (nSPS) is 21.4. The molecule has 4 aromatic rings. The molecule has 0 spiro atoms. The fourth-order valence-corrected chi connectivity index (χ4v) is 11.3. The zero-order valence-electron chi connectivity index (χ0n) is 37.1. The third kappa shape index (κ3) is 9.05. The summed E-state index contributed by atoms with van der Waals surface area (Å²) in [6, 6.07) is 7.27. The number of thiazole rings is 1. The molecule has 0 radical (unpaired) electrons. The maximum absolute atomic E-state index is 14.5. The quantitative estimate of drug-likeness (QED) is 0.199. The van der Waals surface area contributed by atoms with Gasteiger partial charge >= 0.3 is 5.97 Å². The minimum atomic E-state index is -4.02. The van der Waals surface area contributed by atoms with Gasteiger partial charge < -0.3 is 24.1 Å². The van der Waals surface area contributed by atoms with Crippen LogP contribution in [0.2, 0.25) is 0 Å². The molecule has 1 aromatic carbocycles. The number of fused-ring (bicyclic) bond motifs is 6. The Morgan fingerprint density at radius 2 is 1.92 bits per heavy atom. The molecule has 3 aromatic heterocycles. The number of nitrogens with zero attached hydrogens (tertiary/aromatic N) is 6. The van der Waals surface area contributed by atoms with Crippen LogP contribution in [0, 0.1) is 11.3 Å². The summed E-state index contributed by atoms with van der Waals surface area (Å²) in [5, 5.41) is 7.89. The van der Waals surface area contributed by atoms with Gasteiger partial charge in [-0.3, -0.25) is 24.4 Å². The molecule has 0 unspecified atom stereocenters. The number of likely N-dealkylation sites (N-methyl/N-ethyl adjacent to an activating group) is 1. The largest absolute Gasteiger partial charge is 0.464 e. The summed E-state index contributed by atoms with van der Waals surface area (Å²) in [5.41, 5.74) is 9.14. The molecule has 2 saturated heterocycles. The lowest BCUT2D eigenvalue weighted by molar-refractivity contribution is -0.155. The Bertz CT molecular complexity index is 2410. The first kappa shape index (κ1) is 45.7. The van der Waals surface area contributed by atoms with Crippen LogP contribution in [0.5, 0.6) is 0 Å². The summed E-state index contributed by atoms with van der Waals surface area (Å²) < 4.78 is 49.1. The standard InChI is InChI=1S/C44H60N8O8S2/c1-10-51-36-16-15-28-19-31(36)32(40(51)30-13-11-17-45-38(30)27(4)58-8)21-44(5,6)25-60-43(55)33-14-12-18-52(48-33)42(54)34(20-37-46-35(28)24-61-37)47-41(53)39(26(2)3)49(7)62(56,57)50-22-29(23-50)59-9/h11,13,15-17,19,24,26-27,29,33-34,39,48H,10,12,14,18,20-23,25H2,1-9H3,(H,47,53)/t27-,33-,34-,39-/m0/s1. The van der Waals surface area contributed by atoms with E-state index in [9.17, 15) is 22.8 Å². The highest BCUT2D eigenvalue weighted by atomic mass is 32.2. The maximum atomic E-state index is 14.5. The van der Waals surface area contributed by atoms with E-state index in [0.29, 0.717) is 37.4 Å². The molecular formula is C44H60N8O8S2. The molecule has 4 atom stereocenters. The second-order valence-corrected chi connectivity index (χ2v) is 20.6. The van der Waals surface area contributed by atoms with Crippen LogP contribution in [0.1, 0.15) is 76.8 Å². The first-order chi connectivity index (χ1) is 29.5. The maximum Gasteiger partial charge on any atom is 0.324 e. The van der Waals surface area contributed by atoms with Gasteiger partial charge in [0.1, 0.15) is 18.1 Å². The Kier molecular flexibility index (Phi) is 13.6. The van der Waals surface area contributed by atoms with E-state index in [2.05, 4.69) is 54.3 Å². The molecule has 0 saturated carbocycles. The predicted molar refractivity (Wildman–Crippen MR) is 237 cm³/mol. The summed E-state index contributed by atoms with van der Waals surface area (Å²) in [5.74, 6) is -2.00. The number of nitrogens with one attached hydrogen (secondary N) is 2. The van der Waals surface area contributed by atoms with Crippen molar-refractivity contribution in [2.75, 3.05) is 47.5 Å². The number of aryl methyl sites for hydroxylation is 1. The molecule has 7 rings (SSSR count). The number of methoxy groups -OCH3 is 2. The van der Waals surface area contributed by atoms with Gasteiger partial charge in [0.15, 0.2) is 0 Å². The molecule has 3 aliphatic rings. The molecule has 2 fully saturated rings. The van der Waals surface area contributed by atoms with Gasteiger partial charge in [0, 0.05) is 92.9 Å². The summed E-state index contributed by atoms with van der Waals surface area (Å²) in [4.78, 5) is 52.5. The first-order valence-electron chi connectivity index (χ1n) is 21.4. The highest BCUT2D eigenvalue weighted by Gasteiger charge is 2.44. The molecule has 6 heterocycles. The molecule has 2 N–H and O–H groups in total. The number of esters is 1. The van der Waals surface area contributed by atoms with E-state index in [4.69, 9.17) is 24.2 Å². The Labute approximate surface area is 368 Å². The number of amides is 2. The molecule has 6 bridgehead atoms. The lowest BCUT2D eigenvalue weighted by atomic mass is 9.84. The van der Waals surface area contributed by atoms with E-state index in [-0.39, 0.29) is 38.3 Å². The van der Waals surface area contributed by atoms with Crippen molar-refractivity contribution in [3.63, 3.8) is 0 Å². The number of rotatable bonds is 11. The van der Waals surface area contributed by atoms with E-state index in [0.717, 1.165) is 49.0 Å². The molecule has 0 aliphatic carbocycles. The molecule has 62 heavy (non-hydrogen) atoms. The molecular weight excluding hydrogens is 833 g/mol. The number of hydrogen-bond donors (Lipinski definition) is 2. The monoisotopic (exact) mass is 892 g/mol. The minimum absolute atomic E-state index is 0.0327. The van der Waals surface area contributed by atoms with Crippen molar-refractivity contribution in [1.29, 1.82) is 0 Å². The van der Waals surface area contributed by atoms with Gasteiger partial charge in [-0.25, -0.2) is 10.4 Å². The second kappa shape index (κ2) is 18.4. The molecule has 18 heteroatoms. The number of carbonyl (C=O) groups is 3. The van der Waals surface area contributed by atoms with E-state index in [1.165, 1.54) is 34.8 Å². The number of benzene rings is 1. The fraction of sp³-hybridized carbons (Fsp3) is 0.568. The van der Waals surface area contributed by atoms with E-state index in [1.54, 1.807) is 27.2 Å². The van der Waals surface area contributed by atoms with Crippen molar-refractivity contribution >= 4 is 50.2 Å². The molecule has 16 nitrogen and oxygen atoms in total. The zero-order valence-corrected chi connectivity index (χ0v) is 38.8. The fourth-order valence-electron chi connectivity index (χ4n) is 8.77. The SMILES string of the molecule is CCn1c(-c2cccnc2[C@H](C)OC)c2c3cc(ccc31)-c1csc(n1)C[C@H](NC(=O)[C@H](C(C)C)N(C)S(=O)(=O)N1CC(OC)C1)C(=O)N1CCC[C@H](N1)C(=O)OCC(C)(C)C2. The summed E-state index contributed by atoms with van der Waals surface area (Å²) in [7, 11) is 0.574. The number of aromatic nitrogens is 3. The number of ether oxygens (including phenoxy) is 3. The van der Waals surface area contributed by atoms with Crippen LogP contribution in [0.4, 0.5) is 0 Å². The van der Waals surface area contributed by atoms with Crippen molar-refractivity contribution in [3.05, 3.63) is 58.2 Å². The summed E-state index contributed by atoms with van der Waals surface area (Å²) in [6.07, 6.45) is 2.88. The van der Waals surface area contributed by atoms with E-state index < -0.39 is 57.5 Å². The highest BCUT2D eigenvalue weighted by Crippen LogP contribution is 2.42. The third-order valence-corrected chi connectivity index (χ3v) is 15.1. The van der Waals surface area contributed by atoms with Crippen LogP contribution in [0.25, 0.3) is 33.4 Å². The van der Waals surface area contributed by atoms with Crippen molar-refractivity contribution in [3.8, 4) is 22.5 Å². The lowest BCUT2D eigenvalue weighted by Crippen LogP contribution is -2.64. The molecule has 2 amide bonds. The molecule has 336 valence electrons. The van der Waals surface area contributed by atoms with Crippen LogP contribution in [0.15, 0.2) is 41.9 Å². The number of hydrazine groups is 1. The van der Waals surface area contributed by atoms with Crippen molar-refractivity contribution < 1.29 is 37.0 Å². The summed E-state index contributed by atoms with van der Waals surface area (Å²) >= 11 is 1.38. The predicted octanol–water partition coefficient (Wildman–Crippen LogP) is 4.73. The van der Waals surface area contributed by atoms with Gasteiger partial charge in [0.25, 0.3) is 16.1 Å². The average Bonchev–Trinajstić information content (AvgIpc) is 3.82. The Balaban J connectivity index is 1.30. The van der Waals surface area contributed by atoms with E-state index >= 15 is 0 Å². The number of hydrogen-bond acceptors (Lipinski definition) is 12. The van der Waals surface area contributed by atoms with Crippen LogP contribution in [0.3, 0.4) is 0 Å². The van der Waals surface area contributed by atoms with Crippen LogP contribution in [-0.4, -0.2) is 126 Å². The van der Waals surface area contributed by atoms with Gasteiger partial charge in [0.05, 0.1) is 40.9 Å². The molecule has 3 aliphatic heterocycles. The smallest absolute Gasteiger partial charge is 0.324 e. The number of pyridine rings is 1.